The van der Waals surface area contributed by atoms with Gasteiger partial charge in [-0.05, 0) is 0 Å². The monoisotopic (exact) mass is 314 g/mol. The van der Waals surface area contributed by atoms with Crippen LogP contribution in [0.5, 0.6) is 0 Å². The molecule has 0 radical (unpaired) electrons. The van der Waals surface area contributed by atoms with Gasteiger partial charge in [-0.2, -0.15) is 8.42 Å². The van der Waals surface area contributed by atoms with Crippen LogP contribution in [0.1, 0.15) is 0 Å². The molecule has 0 unspecified atom stereocenters. The fourth-order valence-electron chi connectivity index (χ4n) is 1.07. The summed E-state index contributed by atoms with van der Waals surface area (Å²) in [4.78, 5) is 0. The summed E-state index contributed by atoms with van der Waals surface area (Å²) >= 11 is 0. The van der Waals surface area contributed by atoms with Crippen LogP contribution in [0.2, 0.25) is 0 Å². The van der Waals surface area contributed by atoms with Crippen LogP contribution in [0, 0.1) is 0 Å². The largest absolute Gasteiger partial charge is 0.382 e. The van der Waals surface area contributed by atoms with Crippen molar-refractivity contribution in [3.63, 3.8) is 0 Å². The molecule has 0 aromatic rings. The van der Waals surface area contributed by atoms with Crippen molar-refractivity contribution in [2.45, 2.75) is 0 Å². The lowest BCUT2D eigenvalue weighted by Gasteiger charge is -2.24. The van der Waals surface area contributed by atoms with Gasteiger partial charge in [0.15, 0.2) is 0 Å². The number of hydrogen-bond donors (Lipinski definition) is 0. The topological polar surface area (TPSA) is 52.6 Å². The third-order valence-electron chi connectivity index (χ3n) is 2.41. The minimum absolute atomic E-state index is 1.38. The van der Waals surface area contributed by atoms with Gasteiger partial charge in [0.1, 0.15) is 0 Å². The Labute approximate surface area is 117 Å². The first-order chi connectivity index (χ1) is 8.78. The van der Waals surface area contributed by atoms with Crippen molar-refractivity contribution in [3.05, 3.63) is 73.7 Å². The molecular weight excluding hydrogens is 296 g/mol. The third-order valence-corrected chi connectivity index (χ3v) is 10.2. The Kier molecular flexibility index (Phi) is 6.33. The average Bonchev–Trinajstić information content (AvgIpc) is 2.42. The number of hydrogen-bond acceptors (Lipinski definition) is 4. The van der Waals surface area contributed by atoms with Gasteiger partial charge in [0.2, 0.25) is 0 Å². The summed E-state index contributed by atoms with van der Waals surface area (Å²) in [6, 6.07) is 0. The molecule has 0 bridgehead atoms. The van der Waals surface area contributed by atoms with Crippen molar-refractivity contribution < 1.29 is 16.2 Å². The Bertz CT molecular complexity index is 424. The van der Waals surface area contributed by atoms with Crippen LogP contribution in [0.4, 0.5) is 0 Å². The summed E-state index contributed by atoms with van der Waals surface area (Å²) in [6.45, 7) is 21.2. The van der Waals surface area contributed by atoms with Gasteiger partial charge in [0.05, 0.1) is 0 Å². The highest BCUT2D eigenvalue weighted by atomic mass is 32.3. The highest BCUT2D eigenvalue weighted by molar-refractivity contribution is 7.84. The minimum Gasteiger partial charge on any atom is -0.279 e. The Morgan fingerprint density at radius 1 is 0.632 bits per heavy atom. The second-order valence-corrected chi connectivity index (χ2v) is 11.5. The van der Waals surface area contributed by atoms with Crippen molar-refractivity contribution >= 4 is 27.0 Å². The van der Waals surface area contributed by atoms with Crippen molar-refractivity contribution in [2.75, 3.05) is 0 Å². The molecule has 4 nitrogen and oxygen atoms in total. The van der Waals surface area contributed by atoms with Crippen LogP contribution in [0.15, 0.2) is 73.7 Å². The quantitative estimate of drug-likeness (QED) is 0.581. The van der Waals surface area contributed by atoms with E-state index in [0.29, 0.717) is 0 Å². The third kappa shape index (κ3) is 4.41. The fourth-order valence-corrected chi connectivity index (χ4v) is 6.98. The molecule has 0 aromatic heterocycles. The van der Waals surface area contributed by atoms with Gasteiger partial charge in [-0.3, -0.25) is 7.74 Å². The van der Waals surface area contributed by atoms with E-state index in [2.05, 4.69) is 39.5 Å². The zero-order valence-corrected chi connectivity index (χ0v) is 13.6. The van der Waals surface area contributed by atoms with Gasteiger partial charge >= 0.3 is 10.4 Å². The van der Waals surface area contributed by atoms with Gasteiger partial charge in [0.25, 0.3) is 16.6 Å². The van der Waals surface area contributed by atoms with Crippen LogP contribution in [0.3, 0.4) is 0 Å². The van der Waals surface area contributed by atoms with Crippen LogP contribution in [-0.2, 0) is 18.1 Å². The van der Waals surface area contributed by atoms with Gasteiger partial charge in [-0.1, -0.05) is 34.2 Å². The van der Waals surface area contributed by atoms with Gasteiger partial charge in [-0.25, -0.2) is 0 Å². The highest BCUT2D eigenvalue weighted by Gasteiger charge is 2.37. The lowest BCUT2D eigenvalue weighted by atomic mass is 11.2. The molecule has 0 fully saturated rings. The molecule has 0 atom stereocenters. The average molecular weight is 315 g/mol. The maximum atomic E-state index is 12.0. The zero-order chi connectivity index (χ0) is 15.2. The van der Waals surface area contributed by atoms with Crippen LogP contribution in [0.25, 0.3) is 0 Å². The first-order valence-electron chi connectivity index (χ1n) is 5.26. The van der Waals surface area contributed by atoms with E-state index in [9.17, 15) is 8.42 Å². The summed E-state index contributed by atoms with van der Waals surface area (Å²) in [6.07, 6.45) is 0. The van der Waals surface area contributed by atoms with Gasteiger partial charge < -0.3 is 0 Å². The second kappa shape index (κ2) is 6.78. The molecule has 0 N–H and O–H groups in total. The Balaban J connectivity index is 5.42. The summed E-state index contributed by atoms with van der Waals surface area (Å²) in [5.74, 6) is 0. The summed E-state index contributed by atoms with van der Waals surface area (Å²) in [7, 11) is -10.3. The molecule has 0 rings (SSSR count). The lowest BCUT2D eigenvalue weighted by Crippen LogP contribution is -2.41. The Hall–Kier alpha value is -1.26. The first-order valence-corrected chi connectivity index (χ1v) is 10.9. The Morgan fingerprint density at radius 2 is 0.842 bits per heavy atom. The molecular formula is C12H18O4SSi2. The van der Waals surface area contributed by atoms with E-state index in [-0.39, 0.29) is 0 Å². The molecule has 0 aliphatic rings. The second-order valence-electron chi connectivity index (χ2n) is 3.51. The van der Waals surface area contributed by atoms with E-state index in [4.69, 9.17) is 7.74 Å². The molecule has 0 amide bonds. The van der Waals surface area contributed by atoms with E-state index >= 15 is 0 Å². The fraction of sp³-hybridized carbons (Fsp3) is 0. The molecule has 7 heteroatoms. The van der Waals surface area contributed by atoms with E-state index < -0.39 is 27.0 Å². The van der Waals surface area contributed by atoms with Crippen LogP contribution in [-0.4, -0.2) is 25.1 Å². The molecule has 0 saturated heterocycles. The zero-order valence-electron chi connectivity index (χ0n) is 10.7. The van der Waals surface area contributed by atoms with Gasteiger partial charge in [-0.15, -0.1) is 39.5 Å². The molecule has 104 valence electrons. The maximum Gasteiger partial charge on any atom is 0.382 e. The van der Waals surface area contributed by atoms with Crippen molar-refractivity contribution in [1.82, 2.24) is 0 Å². The number of rotatable bonds is 10. The predicted octanol–water partition coefficient (Wildman–Crippen LogP) is 2.51. The SMILES string of the molecule is C=C[Si](C=C)(C=C)OS(=O)(=O)O[Si](C=C)(C=C)C=C. The van der Waals surface area contributed by atoms with E-state index in [1.807, 2.05) is 0 Å². The minimum atomic E-state index is -4.27. The Morgan fingerprint density at radius 3 is 1.00 bits per heavy atom. The van der Waals surface area contributed by atoms with Crippen molar-refractivity contribution in [2.24, 2.45) is 0 Å². The first kappa shape index (κ1) is 17.7. The molecule has 19 heavy (non-hydrogen) atoms. The lowest BCUT2D eigenvalue weighted by molar-refractivity contribution is 0.398. The molecule has 0 saturated carbocycles. The molecule has 0 heterocycles. The van der Waals surface area contributed by atoms with Crippen LogP contribution >= 0.6 is 0 Å². The van der Waals surface area contributed by atoms with Crippen molar-refractivity contribution in [1.29, 1.82) is 0 Å². The predicted molar refractivity (Wildman–Crippen MR) is 83.8 cm³/mol. The summed E-state index contributed by atoms with van der Waals surface area (Å²) in [5.41, 5.74) is 8.29. The molecule has 0 aromatic carbocycles. The van der Waals surface area contributed by atoms with E-state index in [1.54, 1.807) is 0 Å². The maximum absolute atomic E-state index is 12.0. The van der Waals surface area contributed by atoms with Gasteiger partial charge in [0, 0.05) is 0 Å². The summed E-state index contributed by atoms with van der Waals surface area (Å²) in [5, 5.41) is 0. The molecule has 0 spiro atoms. The standard InChI is InChI=1S/C12H18O4SSi2/c1-7-18(8-2,9-3)15-17(13,14)16-19(10-4,11-5)12-6/h7-12H,1-6H2. The van der Waals surface area contributed by atoms with E-state index in [1.165, 1.54) is 34.2 Å². The van der Waals surface area contributed by atoms with E-state index in [0.717, 1.165) is 0 Å². The highest BCUT2D eigenvalue weighted by Crippen LogP contribution is 2.19. The molecule has 0 aliphatic carbocycles. The normalized spacial score (nSPS) is 12.2. The van der Waals surface area contributed by atoms with Crippen LogP contribution < -0.4 is 0 Å². The smallest absolute Gasteiger partial charge is 0.279 e. The molecule has 0 aliphatic heterocycles. The summed E-state index contributed by atoms with van der Waals surface area (Å²) < 4.78 is 34.0. The van der Waals surface area contributed by atoms with Crippen molar-refractivity contribution in [3.8, 4) is 0 Å².